The molecule has 0 fully saturated rings. The van der Waals surface area contributed by atoms with Gasteiger partial charge in [-0.05, 0) is 35.4 Å². The largest absolute Gasteiger partial charge is 0.304 e. The lowest BCUT2D eigenvalue weighted by molar-refractivity contribution is 0.801. The second-order valence-electron chi connectivity index (χ2n) is 4.02. The van der Waals surface area contributed by atoms with Crippen molar-refractivity contribution < 1.29 is 0 Å². The second kappa shape index (κ2) is 4.85. The number of H-pyrrole nitrogens is 1. The van der Waals surface area contributed by atoms with Crippen LogP contribution in [-0.4, -0.2) is 15.0 Å². The minimum absolute atomic E-state index is 0.0926. The fourth-order valence-corrected chi connectivity index (χ4v) is 2.93. The molecule has 0 aliphatic rings. The monoisotopic (exact) mass is 361 g/mol. The average Bonchev–Trinajstić information content (AvgIpc) is 2.68. The third-order valence-electron chi connectivity index (χ3n) is 2.30. The highest BCUT2D eigenvalue weighted by atomic mass is 127. The molecule has 0 aliphatic carbocycles. The summed E-state index contributed by atoms with van der Waals surface area (Å²) in [6, 6.07) is 0. The zero-order valence-corrected chi connectivity index (χ0v) is 12.7. The molecule has 0 unspecified atom stereocenters. The number of aromatic amines is 1. The van der Waals surface area contributed by atoms with Gasteiger partial charge < -0.3 is 4.98 Å². The van der Waals surface area contributed by atoms with Crippen LogP contribution in [0.3, 0.4) is 0 Å². The summed E-state index contributed by atoms with van der Waals surface area (Å²) in [4.78, 5) is 23.4. The first kappa shape index (κ1) is 12.7. The average molecular weight is 361 g/mol. The smallest absolute Gasteiger partial charge is 0.264 e. The Morgan fingerprint density at radius 3 is 2.65 bits per heavy atom. The molecule has 0 amide bonds. The Hall–Kier alpha value is -0.760. The van der Waals surface area contributed by atoms with E-state index in [9.17, 15) is 4.79 Å². The van der Waals surface area contributed by atoms with Crippen molar-refractivity contribution in [3.05, 3.63) is 30.0 Å². The zero-order chi connectivity index (χ0) is 12.6. The predicted molar refractivity (Wildman–Crippen MR) is 77.5 cm³/mol. The maximum atomic E-state index is 11.8. The molecular formula is C11H12IN3OS. The van der Waals surface area contributed by atoms with Gasteiger partial charge in [0.25, 0.3) is 5.56 Å². The molecule has 17 heavy (non-hydrogen) atoms. The maximum Gasteiger partial charge on any atom is 0.264 e. The molecule has 2 aromatic heterocycles. The van der Waals surface area contributed by atoms with Crippen LogP contribution in [0.4, 0.5) is 0 Å². The molecule has 4 nitrogen and oxygen atoms in total. The van der Waals surface area contributed by atoms with E-state index in [1.54, 1.807) is 11.3 Å². The summed E-state index contributed by atoms with van der Waals surface area (Å²) in [5, 5.41) is 2.87. The number of hydrogen-bond acceptors (Lipinski definition) is 4. The summed E-state index contributed by atoms with van der Waals surface area (Å²) in [5.74, 6) is 0.783. The van der Waals surface area contributed by atoms with E-state index in [0.29, 0.717) is 9.39 Å². The SMILES string of the molecule is Cc1nc(-c2nc(C(C)C)c(I)c(=O)[nH]2)cs1. The molecular weight excluding hydrogens is 349 g/mol. The molecule has 0 aromatic carbocycles. The van der Waals surface area contributed by atoms with Crippen molar-refractivity contribution in [2.45, 2.75) is 26.7 Å². The fraction of sp³-hybridized carbons (Fsp3) is 0.364. The van der Waals surface area contributed by atoms with Crippen LogP contribution in [0, 0.1) is 10.5 Å². The van der Waals surface area contributed by atoms with Crippen molar-refractivity contribution in [1.82, 2.24) is 15.0 Å². The Morgan fingerprint density at radius 2 is 2.12 bits per heavy atom. The van der Waals surface area contributed by atoms with Gasteiger partial charge in [0.05, 0.1) is 14.3 Å². The summed E-state index contributed by atoms with van der Waals surface area (Å²) in [5.41, 5.74) is 1.47. The van der Waals surface area contributed by atoms with E-state index in [-0.39, 0.29) is 11.5 Å². The Bertz CT molecular complexity index is 603. The first-order valence-electron chi connectivity index (χ1n) is 5.21. The number of nitrogens with zero attached hydrogens (tertiary/aromatic N) is 2. The van der Waals surface area contributed by atoms with Crippen molar-refractivity contribution in [3.63, 3.8) is 0 Å². The van der Waals surface area contributed by atoms with Crippen molar-refractivity contribution in [2.75, 3.05) is 0 Å². The molecule has 2 rings (SSSR count). The van der Waals surface area contributed by atoms with Crippen molar-refractivity contribution >= 4 is 33.9 Å². The Balaban J connectivity index is 2.61. The molecule has 0 spiro atoms. The summed E-state index contributed by atoms with van der Waals surface area (Å²) < 4.78 is 0.660. The van der Waals surface area contributed by atoms with E-state index in [4.69, 9.17) is 0 Å². The van der Waals surface area contributed by atoms with E-state index in [1.807, 2.05) is 48.7 Å². The number of thiazole rings is 1. The molecule has 0 radical (unpaired) electrons. The molecule has 0 atom stereocenters. The Morgan fingerprint density at radius 1 is 1.41 bits per heavy atom. The normalized spacial score (nSPS) is 11.1. The van der Waals surface area contributed by atoms with Gasteiger partial charge in [0.2, 0.25) is 0 Å². The first-order chi connectivity index (χ1) is 7.99. The van der Waals surface area contributed by atoms with E-state index in [0.717, 1.165) is 16.4 Å². The van der Waals surface area contributed by atoms with E-state index in [2.05, 4.69) is 15.0 Å². The highest BCUT2D eigenvalue weighted by Crippen LogP contribution is 2.21. The molecule has 0 bridgehead atoms. The lowest BCUT2D eigenvalue weighted by Crippen LogP contribution is -2.17. The minimum Gasteiger partial charge on any atom is -0.304 e. The van der Waals surface area contributed by atoms with E-state index < -0.39 is 0 Å². The molecule has 6 heteroatoms. The standard InChI is InChI=1S/C11H12IN3OS/c1-5(2)9-8(12)11(16)15-10(14-9)7-4-17-6(3)13-7/h4-5H,1-3H3,(H,14,15,16). The predicted octanol–water partition coefficient (Wildman–Crippen LogP) is 2.93. The summed E-state index contributed by atoms with van der Waals surface area (Å²) >= 11 is 3.59. The fourth-order valence-electron chi connectivity index (χ4n) is 1.45. The minimum atomic E-state index is -0.0926. The van der Waals surface area contributed by atoms with Crippen LogP contribution in [0.25, 0.3) is 11.5 Å². The Labute approximate surface area is 117 Å². The number of halogens is 1. The van der Waals surface area contributed by atoms with Gasteiger partial charge in [-0.3, -0.25) is 4.79 Å². The van der Waals surface area contributed by atoms with Gasteiger partial charge in [0.1, 0.15) is 5.69 Å². The summed E-state index contributed by atoms with van der Waals surface area (Å²) in [6.45, 7) is 5.99. The molecule has 2 heterocycles. The van der Waals surface area contributed by atoms with Crippen molar-refractivity contribution in [3.8, 4) is 11.5 Å². The summed E-state index contributed by atoms with van der Waals surface area (Å²) in [7, 11) is 0. The van der Waals surface area contributed by atoms with Gasteiger partial charge in [0, 0.05) is 5.38 Å². The van der Waals surface area contributed by atoms with Gasteiger partial charge in [-0.1, -0.05) is 13.8 Å². The highest BCUT2D eigenvalue weighted by molar-refractivity contribution is 14.1. The van der Waals surface area contributed by atoms with Gasteiger partial charge in [-0.25, -0.2) is 9.97 Å². The van der Waals surface area contributed by atoms with Gasteiger partial charge in [-0.2, -0.15) is 0 Å². The topological polar surface area (TPSA) is 58.6 Å². The van der Waals surface area contributed by atoms with Crippen molar-refractivity contribution in [2.24, 2.45) is 0 Å². The quantitative estimate of drug-likeness (QED) is 0.837. The van der Waals surface area contributed by atoms with Crippen molar-refractivity contribution in [1.29, 1.82) is 0 Å². The summed E-state index contributed by atoms with van der Waals surface area (Å²) in [6.07, 6.45) is 0. The first-order valence-corrected chi connectivity index (χ1v) is 7.17. The molecule has 0 saturated heterocycles. The highest BCUT2D eigenvalue weighted by Gasteiger charge is 2.14. The molecule has 1 N–H and O–H groups in total. The number of aryl methyl sites for hydroxylation is 1. The van der Waals surface area contributed by atoms with Crippen LogP contribution in [-0.2, 0) is 0 Å². The van der Waals surface area contributed by atoms with Crippen LogP contribution >= 0.6 is 33.9 Å². The number of aromatic nitrogens is 3. The lowest BCUT2D eigenvalue weighted by Gasteiger charge is -2.07. The molecule has 0 saturated carbocycles. The third-order valence-corrected chi connectivity index (χ3v) is 4.11. The maximum absolute atomic E-state index is 11.8. The molecule has 0 aliphatic heterocycles. The second-order valence-corrected chi connectivity index (χ2v) is 6.16. The van der Waals surface area contributed by atoms with E-state index >= 15 is 0 Å². The molecule has 2 aromatic rings. The number of hydrogen-bond donors (Lipinski definition) is 1. The van der Waals surface area contributed by atoms with Gasteiger partial charge in [0.15, 0.2) is 5.82 Å². The lowest BCUT2D eigenvalue weighted by atomic mass is 10.1. The van der Waals surface area contributed by atoms with Crippen LogP contribution < -0.4 is 5.56 Å². The van der Waals surface area contributed by atoms with E-state index in [1.165, 1.54) is 0 Å². The van der Waals surface area contributed by atoms with Gasteiger partial charge >= 0.3 is 0 Å². The van der Waals surface area contributed by atoms with Crippen LogP contribution in [0.15, 0.2) is 10.2 Å². The third kappa shape index (κ3) is 2.57. The number of nitrogens with one attached hydrogen (secondary N) is 1. The molecule has 90 valence electrons. The van der Waals surface area contributed by atoms with Crippen LogP contribution in [0.1, 0.15) is 30.5 Å². The zero-order valence-electron chi connectivity index (χ0n) is 9.74. The van der Waals surface area contributed by atoms with Gasteiger partial charge in [-0.15, -0.1) is 11.3 Å². The Kier molecular flexibility index (Phi) is 3.62. The van der Waals surface area contributed by atoms with Crippen LogP contribution in [0.5, 0.6) is 0 Å². The number of rotatable bonds is 2. The van der Waals surface area contributed by atoms with Crippen LogP contribution in [0.2, 0.25) is 0 Å².